The van der Waals surface area contributed by atoms with E-state index in [1.165, 1.54) is 7.11 Å². The molecule has 0 spiro atoms. The number of aliphatic hydroxyl groups is 1. The molecule has 0 aromatic heterocycles. The summed E-state index contributed by atoms with van der Waals surface area (Å²) in [4.78, 5) is 11.5. The number of unbranched alkanes of at least 4 members (excludes halogenated alkanes) is 1. The second-order valence-electron chi connectivity index (χ2n) is 4.87. The molecular weight excluding hydrogens is 228 g/mol. The Morgan fingerprint density at radius 1 is 1.44 bits per heavy atom. The van der Waals surface area contributed by atoms with Gasteiger partial charge in [0.25, 0.3) is 0 Å². The lowest BCUT2D eigenvalue weighted by Crippen LogP contribution is -2.13. The third-order valence-electron chi connectivity index (χ3n) is 2.30. The van der Waals surface area contributed by atoms with Gasteiger partial charge in [-0.2, -0.15) is 0 Å². The SMILES string of the molecule is CCCCC(=C=C(C)/C=C/C(C)(C)O)C(=O)OC. The molecule has 0 aromatic carbocycles. The number of carbonyl (C=O) groups excluding carboxylic acids is 1. The molecule has 0 rings (SSSR count). The van der Waals surface area contributed by atoms with E-state index in [1.54, 1.807) is 26.0 Å². The van der Waals surface area contributed by atoms with Crippen LogP contribution in [0.2, 0.25) is 0 Å². The van der Waals surface area contributed by atoms with E-state index in [0.717, 1.165) is 18.4 Å². The number of rotatable bonds is 6. The van der Waals surface area contributed by atoms with Crippen LogP contribution < -0.4 is 0 Å². The fourth-order valence-electron chi connectivity index (χ4n) is 1.30. The Balaban J connectivity index is 5.10. The maximum Gasteiger partial charge on any atom is 0.341 e. The molecule has 0 fully saturated rings. The first-order valence-corrected chi connectivity index (χ1v) is 6.26. The lowest BCUT2D eigenvalue weighted by Gasteiger charge is -2.09. The Kier molecular flexibility index (Phi) is 7.33. The number of hydrogen-bond acceptors (Lipinski definition) is 3. The summed E-state index contributed by atoms with van der Waals surface area (Å²) >= 11 is 0. The molecule has 0 bridgehead atoms. The normalized spacial score (nSPS) is 11.2. The molecule has 3 heteroatoms. The first-order valence-electron chi connectivity index (χ1n) is 6.26. The first kappa shape index (κ1) is 16.7. The second kappa shape index (κ2) is 7.91. The number of ether oxygens (including phenoxy) is 1. The molecule has 0 saturated carbocycles. The molecule has 0 saturated heterocycles. The third kappa shape index (κ3) is 7.88. The van der Waals surface area contributed by atoms with Gasteiger partial charge in [-0.25, -0.2) is 4.79 Å². The molecule has 18 heavy (non-hydrogen) atoms. The van der Waals surface area contributed by atoms with E-state index in [1.807, 2.05) is 6.92 Å². The average molecular weight is 252 g/mol. The summed E-state index contributed by atoms with van der Waals surface area (Å²) in [6.45, 7) is 7.30. The van der Waals surface area contributed by atoms with Gasteiger partial charge in [-0.05, 0) is 39.2 Å². The zero-order valence-electron chi connectivity index (χ0n) is 12.0. The number of esters is 1. The van der Waals surface area contributed by atoms with Gasteiger partial charge >= 0.3 is 5.97 Å². The average Bonchev–Trinajstić information content (AvgIpc) is 2.30. The molecule has 0 unspecified atom stereocenters. The van der Waals surface area contributed by atoms with E-state index in [9.17, 15) is 9.90 Å². The van der Waals surface area contributed by atoms with E-state index in [0.29, 0.717) is 12.0 Å². The molecule has 0 radical (unpaired) electrons. The predicted octanol–water partition coefficient (Wildman–Crippen LogP) is 3.15. The molecule has 0 aromatic rings. The van der Waals surface area contributed by atoms with Crippen molar-refractivity contribution >= 4 is 5.97 Å². The Hall–Kier alpha value is -1.31. The van der Waals surface area contributed by atoms with Crippen LogP contribution >= 0.6 is 0 Å². The van der Waals surface area contributed by atoms with Crippen LogP contribution in [0, 0.1) is 0 Å². The van der Waals surface area contributed by atoms with Crippen molar-refractivity contribution in [3.63, 3.8) is 0 Å². The van der Waals surface area contributed by atoms with Gasteiger partial charge in [-0.1, -0.05) is 25.5 Å². The van der Waals surface area contributed by atoms with Gasteiger partial charge in [0.1, 0.15) is 0 Å². The van der Waals surface area contributed by atoms with Gasteiger partial charge in [-0.15, -0.1) is 5.73 Å². The Morgan fingerprint density at radius 2 is 2.06 bits per heavy atom. The molecule has 0 aliphatic carbocycles. The maximum absolute atomic E-state index is 11.5. The van der Waals surface area contributed by atoms with Crippen molar-refractivity contribution in [2.45, 2.75) is 52.6 Å². The molecule has 0 aliphatic heterocycles. The van der Waals surface area contributed by atoms with Crippen LogP contribution in [-0.2, 0) is 9.53 Å². The standard InChI is InChI=1S/C15H24O3/c1-6-7-8-13(14(16)18-5)11-12(2)9-10-15(3,4)17/h9-10,17H,6-8H2,1-5H3/b10-9+. The summed E-state index contributed by atoms with van der Waals surface area (Å²) in [6, 6.07) is 0. The van der Waals surface area contributed by atoms with E-state index >= 15 is 0 Å². The van der Waals surface area contributed by atoms with Crippen LogP contribution in [0.5, 0.6) is 0 Å². The molecule has 0 aliphatic rings. The fraction of sp³-hybridized carbons (Fsp3) is 0.600. The van der Waals surface area contributed by atoms with Crippen LogP contribution in [0.3, 0.4) is 0 Å². The molecular formula is C15H24O3. The molecule has 0 atom stereocenters. The Morgan fingerprint density at radius 3 is 2.50 bits per heavy atom. The van der Waals surface area contributed by atoms with Gasteiger partial charge in [0.2, 0.25) is 0 Å². The van der Waals surface area contributed by atoms with Crippen molar-refractivity contribution in [2.24, 2.45) is 0 Å². The smallest absolute Gasteiger partial charge is 0.341 e. The van der Waals surface area contributed by atoms with Crippen LogP contribution in [0.4, 0.5) is 0 Å². The van der Waals surface area contributed by atoms with Gasteiger partial charge < -0.3 is 9.84 Å². The maximum atomic E-state index is 11.5. The van der Waals surface area contributed by atoms with Crippen molar-refractivity contribution < 1.29 is 14.6 Å². The van der Waals surface area contributed by atoms with E-state index in [4.69, 9.17) is 4.74 Å². The summed E-state index contributed by atoms with van der Waals surface area (Å²) in [5, 5.41) is 9.57. The van der Waals surface area contributed by atoms with Gasteiger partial charge in [0.05, 0.1) is 18.3 Å². The van der Waals surface area contributed by atoms with Crippen LogP contribution in [0.1, 0.15) is 47.0 Å². The lowest BCUT2D eigenvalue weighted by molar-refractivity contribution is -0.136. The monoisotopic (exact) mass is 252 g/mol. The first-order chi connectivity index (χ1) is 8.30. The van der Waals surface area contributed by atoms with Gasteiger partial charge in [0.15, 0.2) is 0 Å². The highest BCUT2D eigenvalue weighted by Crippen LogP contribution is 2.10. The van der Waals surface area contributed by atoms with Gasteiger partial charge in [-0.3, -0.25) is 0 Å². The number of methoxy groups -OCH3 is 1. The summed E-state index contributed by atoms with van der Waals surface area (Å²) in [5.74, 6) is -0.334. The minimum atomic E-state index is -0.863. The van der Waals surface area contributed by atoms with Crippen molar-refractivity contribution in [3.8, 4) is 0 Å². The molecule has 1 N–H and O–H groups in total. The predicted molar refractivity (Wildman–Crippen MR) is 73.2 cm³/mol. The van der Waals surface area contributed by atoms with Crippen LogP contribution in [-0.4, -0.2) is 23.8 Å². The number of allylic oxidation sites excluding steroid dienone is 1. The highest BCUT2D eigenvalue weighted by molar-refractivity contribution is 5.88. The zero-order chi connectivity index (χ0) is 14.2. The summed E-state index contributed by atoms with van der Waals surface area (Å²) in [7, 11) is 1.37. The third-order valence-corrected chi connectivity index (χ3v) is 2.30. The Bertz CT molecular complexity index is 364. The minimum absolute atomic E-state index is 0.334. The number of hydrogen-bond donors (Lipinski definition) is 1. The Labute approximate surface area is 110 Å². The highest BCUT2D eigenvalue weighted by atomic mass is 16.5. The van der Waals surface area contributed by atoms with E-state index in [2.05, 4.69) is 12.7 Å². The van der Waals surface area contributed by atoms with Crippen molar-refractivity contribution in [1.82, 2.24) is 0 Å². The van der Waals surface area contributed by atoms with Gasteiger partial charge in [0, 0.05) is 0 Å². The van der Waals surface area contributed by atoms with Crippen LogP contribution in [0.25, 0.3) is 0 Å². The van der Waals surface area contributed by atoms with Crippen molar-refractivity contribution in [2.75, 3.05) is 7.11 Å². The summed E-state index contributed by atoms with van der Waals surface area (Å²) in [6.07, 6.45) is 6.04. The second-order valence-corrected chi connectivity index (χ2v) is 4.87. The highest BCUT2D eigenvalue weighted by Gasteiger charge is 2.08. The molecule has 3 nitrogen and oxygen atoms in total. The summed E-state index contributed by atoms with van der Waals surface area (Å²) < 4.78 is 4.73. The molecule has 102 valence electrons. The number of carbonyl (C=O) groups is 1. The quantitative estimate of drug-likeness (QED) is 0.342. The lowest BCUT2D eigenvalue weighted by atomic mass is 10.1. The minimum Gasteiger partial charge on any atom is -0.465 e. The largest absolute Gasteiger partial charge is 0.465 e. The zero-order valence-corrected chi connectivity index (χ0v) is 12.0. The van der Waals surface area contributed by atoms with Crippen molar-refractivity contribution in [1.29, 1.82) is 0 Å². The van der Waals surface area contributed by atoms with Crippen molar-refractivity contribution in [3.05, 3.63) is 29.0 Å². The van der Waals surface area contributed by atoms with E-state index < -0.39 is 5.60 Å². The van der Waals surface area contributed by atoms with E-state index in [-0.39, 0.29) is 5.97 Å². The topological polar surface area (TPSA) is 46.5 Å². The molecule has 0 amide bonds. The van der Waals surface area contributed by atoms with Crippen LogP contribution in [0.15, 0.2) is 29.0 Å². The fourth-order valence-corrected chi connectivity index (χ4v) is 1.30. The molecule has 0 heterocycles. The summed E-state index contributed by atoms with van der Waals surface area (Å²) in [5.41, 5.74) is 3.53.